The van der Waals surface area contributed by atoms with Crippen molar-refractivity contribution in [3.63, 3.8) is 0 Å². The summed E-state index contributed by atoms with van der Waals surface area (Å²) in [4.78, 5) is 32.5. The summed E-state index contributed by atoms with van der Waals surface area (Å²) in [6.07, 6.45) is 15.7. The van der Waals surface area contributed by atoms with Crippen molar-refractivity contribution in [1.29, 1.82) is 0 Å². The lowest BCUT2D eigenvalue weighted by Crippen LogP contribution is -2.51. The van der Waals surface area contributed by atoms with Crippen LogP contribution in [0.5, 0.6) is 5.75 Å². The van der Waals surface area contributed by atoms with Crippen molar-refractivity contribution in [2.45, 2.75) is 103 Å². The zero-order valence-corrected chi connectivity index (χ0v) is 27.3. The van der Waals surface area contributed by atoms with Gasteiger partial charge in [-0.1, -0.05) is 12.1 Å². The zero-order valence-electron chi connectivity index (χ0n) is 27.3. The van der Waals surface area contributed by atoms with E-state index in [1.54, 1.807) is 7.11 Å². The standard InChI is InChI=1S/C37H48N4O4/c1-25(2)41-23-29(22-39-41)32-21-31(11-18-38-32)40(35(44)28-7-5-27(6-8-28)20-34(42)43)24-36-12-15-37(16-13-36,17-14-36)30-9-10-33(45-4)26(3)19-30/h9-11,18-19,21-23,25,27-28H,5-8,12-17,20,24H2,1-4H3,(H,42,43). The predicted octanol–water partition coefficient (Wildman–Crippen LogP) is 7.75. The second-order valence-electron chi connectivity index (χ2n) is 14.4. The van der Waals surface area contributed by atoms with Crippen molar-refractivity contribution in [1.82, 2.24) is 14.8 Å². The number of carbonyl (C=O) groups is 2. The number of carbonyl (C=O) groups excluding carboxylic acids is 1. The first-order chi connectivity index (χ1) is 21.6. The monoisotopic (exact) mass is 612 g/mol. The van der Waals surface area contributed by atoms with Gasteiger partial charge in [0.1, 0.15) is 5.75 Å². The van der Waals surface area contributed by atoms with Gasteiger partial charge in [-0.25, -0.2) is 0 Å². The number of carboxylic acid groups (broad SMARTS) is 1. The number of rotatable bonds is 10. The third-order valence-electron chi connectivity index (χ3n) is 11.3. The molecular weight excluding hydrogens is 564 g/mol. The molecule has 3 aromatic rings. The Bertz CT molecular complexity index is 1510. The van der Waals surface area contributed by atoms with Crippen molar-refractivity contribution in [2.24, 2.45) is 17.3 Å². The van der Waals surface area contributed by atoms with Crippen LogP contribution < -0.4 is 9.64 Å². The van der Waals surface area contributed by atoms with Crippen LogP contribution >= 0.6 is 0 Å². The zero-order chi connectivity index (χ0) is 31.8. The van der Waals surface area contributed by atoms with Crippen molar-refractivity contribution >= 4 is 17.6 Å². The van der Waals surface area contributed by atoms with E-state index in [0.29, 0.717) is 6.54 Å². The molecule has 2 bridgehead atoms. The summed E-state index contributed by atoms with van der Waals surface area (Å²) in [7, 11) is 1.73. The topological polar surface area (TPSA) is 97.6 Å². The van der Waals surface area contributed by atoms with Crippen LogP contribution in [0.3, 0.4) is 0 Å². The molecular formula is C37H48N4O4. The number of carboxylic acids is 1. The number of aryl methyl sites for hydroxylation is 1. The van der Waals surface area contributed by atoms with Crippen LogP contribution in [0.4, 0.5) is 5.69 Å². The Balaban J connectivity index is 1.25. The van der Waals surface area contributed by atoms with Gasteiger partial charge >= 0.3 is 5.97 Å². The first kappa shape index (κ1) is 31.3. The predicted molar refractivity (Wildman–Crippen MR) is 175 cm³/mol. The molecule has 0 unspecified atom stereocenters. The summed E-state index contributed by atoms with van der Waals surface area (Å²) >= 11 is 0. The summed E-state index contributed by atoms with van der Waals surface area (Å²) in [5, 5.41) is 13.8. The van der Waals surface area contributed by atoms with Crippen molar-refractivity contribution in [3.8, 4) is 17.0 Å². The number of amides is 1. The van der Waals surface area contributed by atoms with Crippen molar-refractivity contribution < 1.29 is 19.4 Å². The van der Waals surface area contributed by atoms with E-state index < -0.39 is 5.97 Å². The minimum Gasteiger partial charge on any atom is -0.496 e. The SMILES string of the molecule is COc1ccc(C23CCC(CN(C(=O)C4CCC(CC(=O)O)CC4)c4ccnc(-c5cnn(C(C)C)c5)c4)(CC2)CC3)cc1C. The number of hydrogen-bond acceptors (Lipinski definition) is 5. The summed E-state index contributed by atoms with van der Waals surface area (Å²) in [6.45, 7) is 7.05. The third-order valence-corrected chi connectivity index (χ3v) is 11.3. The van der Waals surface area contributed by atoms with Crippen LogP contribution in [-0.2, 0) is 15.0 Å². The fourth-order valence-corrected chi connectivity index (χ4v) is 8.35. The van der Waals surface area contributed by atoms with Crippen molar-refractivity contribution in [3.05, 3.63) is 60.0 Å². The molecule has 1 aromatic carbocycles. The summed E-state index contributed by atoms with van der Waals surface area (Å²) < 4.78 is 7.47. The molecule has 2 heterocycles. The Morgan fingerprint density at radius 1 is 1.04 bits per heavy atom. The number of methoxy groups -OCH3 is 1. The molecule has 8 nitrogen and oxygen atoms in total. The van der Waals surface area contributed by atoms with E-state index >= 15 is 0 Å². The fraction of sp³-hybridized carbons (Fsp3) is 0.568. The minimum atomic E-state index is -0.744. The molecule has 1 amide bonds. The van der Waals surface area contributed by atoms with E-state index in [9.17, 15) is 14.7 Å². The second-order valence-corrected chi connectivity index (χ2v) is 14.4. The summed E-state index contributed by atoms with van der Waals surface area (Å²) in [5.74, 6) is 0.457. The molecule has 2 aromatic heterocycles. The number of benzene rings is 1. The fourth-order valence-electron chi connectivity index (χ4n) is 8.35. The van der Waals surface area contributed by atoms with Gasteiger partial charge in [0.15, 0.2) is 0 Å². The van der Waals surface area contributed by atoms with Crippen LogP contribution in [-0.4, -0.2) is 45.4 Å². The van der Waals surface area contributed by atoms with Crippen LogP contribution in [0, 0.1) is 24.2 Å². The van der Waals surface area contributed by atoms with E-state index in [1.165, 1.54) is 11.1 Å². The molecule has 240 valence electrons. The quantitative estimate of drug-likeness (QED) is 0.251. The molecule has 7 rings (SSSR count). The first-order valence-electron chi connectivity index (χ1n) is 16.8. The highest BCUT2D eigenvalue weighted by Crippen LogP contribution is 2.58. The molecule has 0 atom stereocenters. The van der Waals surface area contributed by atoms with Gasteiger partial charge in [-0.3, -0.25) is 19.3 Å². The Labute approximate surface area is 267 Å². The Hall–Kier alpha value is -3.68. The molecule has 0 radical (unpaired) electrons. The molecule has 4 aliphatic carbocycles. The molecule has 8 heteroatoms. The van der Waals surface area contributed by atoms with E-state index in [-0.39, 0.29) is 41.0 Å². The van der Waals surface area contributed by atoms with Crippen LogP contribution in [0.25, 0.3) is 11.3 Å². The highest BCUT2D eigenvalue weighted by Gasteiger charge is 2.50. The maximum absolute atomic E-state index is 14.5. The summed E-state index contributed by atoms with van der Waals surface area (Å²) in [6, 6.07) is 11.0. The molecule has 4 aliphatic rings. The van der Waals surface area contributed by atoms with Gasteiger partial charge < -0.3 is 14.7 Å². The molecule has 0 saturated heterocycles. The van der Waals surface area contributed by atoms with E-state index in [4.69, 9.17) is 4.74 Å². The maximum Gasteiger partial charge on any atom is 0.303 e. The number of fused-ring (bicyclic) bond motifs is 3. The van der Waals surface area contributed by atoms with Gasteiger partial charge in [-0.2, -0.15) is 5.10 Å². The lowest BCUT2D eigenvalue weighted by atomic mass is 9.51. The number of aliphatic carboxylic acids is 1. The van der Waals surface area contributed by atoms with Crippen molar-refractivity contribution in [2.75, 3.05) is 18.6 Å². The molecule has 1 N–H and O–H groups in total. The number of aromatic nitrogens is 3. The van der Waals surface area contributed by atoms with E-state index in [2.05, 4.69) is 60.0 Å². The number of ether oxygens (including phenoxy) is 1. The van der Waals surface area contributed by atoms with Gasteiger partial charge in [0, 0.05) is 48.6 Å². The smallest absolute Gasteiger partial charge is 0.303 e. The molecule has 45 heavy (non-hydrogen) atoms. The number of hydrogen-bond donors (Lipinski definition) is 1. The lowest BCUT2D eigenvalue weighted by molar-refractivity contribution is -0.138. The largest absolute Gasteiger partial charge is 0.496 e. The average Bonchev–Trinajstić information content (AvgIpc) is 3.56. The van der Waals surface area contributed by atoms with Crippen LogP contribution in [0.2, 0.25) is 0 Å². The normalized spacial score (nSPS) is 26.2. The Kier molecular flexibility index (Phi) is 8.77. The minimum absolute atomic E-state index is 0.0831. The van der Waals surface area contributed by atoms with E-state index in [1.807, 2.05) is 29.3 Å². The van der Waals surface area contributed by atoms with Crippen LogP contribution in [0.1, 0.15) is 102 Å². The second kappa shape index (κ2) is 12.6. The highest BCUT2D eigenvalue weighted by molar-refractivity contribution is 5.95. The molecule has 4 saturated carbocycles. The lowest BCUT2D eigenvalue weighted by Gasteiger charge is -2.55. The van der Waals surface area contributed by atoms with Gasteiger partial charge in [0.25, 0.3) is 0 Å². The van der Waals surface area contributed by atoms with Gasteiger partial charge in [0.05, 0.1) is 19.0 Å². The maximum atomic E-state index is 14.5. The third kappa shape index (κ3) is 6.38. The molecule has 0 spiro atoms. The van der Waals surface area contributed by atoms with Gasteiger partial charge in [0.2, 0.25) is 5.91 Å². The number of anilines is 1. The average molecular weight is 613 g/mol. The van der Waals surface area contributed by atoms with Crippen LogP contribution in [0.15, 0.2) is 48.9 Å². The Morgan fingerprint density at radius 3 is 2.36 bits per heavy atom. The summed E-state index contributed by atoms with van der Waals surface area (Å²) in [5.41, 5.74) is 5.58. The Morgan fingerprint density at radius 2 is 1.76 bits per heavy atom. The number of pyridine rings is 1. The highest BCUT2D eigenvalue weighted by atomic mass is 16.5. The van der Waals surface area contributed by atoms with Gasteiger partial charge in [-0.15, -0.1) is 0 Å². The van der Waals surface area contributed by atoms with E-state index in [0.717, 1.165) is 86.9 Å². The van der Waals surface area contributed by atoms with Gasteiger partial charge in [-0.05, 0) is 131 Å². The first-order valence-corrected chi connectivity index (χ1v) is 16.8. The molecule has 0 aliphatic heterocycles. The molecule has 4 fully saturated rings. The number of nitrogens with zero attached hydrogens (tertiary/aromatic N) is 4.